The minimum atomic E-state index is -0.223. The summed E-state index contributed by atoms with van der Waals surface area (Å²) in [4.78, 5) is 0. The summed E-state index contributed by atoms with van der Waals surface area (Å²) in [5, 5.41) is 3.10. The lowest BCUT2D eigenvalue weighted by Crippen LogP contribution is -2.23. The van der Waals surface area contributed by atoms with Crippen molar-refractivity contribution in [3.05, 3.63) is 69.7 Å². The smallest absolute Gasteiger partial charge is 0.127 e. The van der Waals surface area contributed by atoms with Crippen LogP contribution in [0.15, 0.2) is 46.9 Å². The van der Waals surface area contributed by atoms with Crippen LogP contribution in [0, 0.1) is 17.6 Å². The number of benzene rings is 2. The Labute approximate surface area is 132 Å². The summed E-state index contributed by atoms with van der Waals surface area (Å²) in [7, 11) is 1.85. The summed E-state index contributed by atoms with van der Waals surface area (Å²) < 4.78 is 28.4. The van der Waals surface area contributed by atoms with E-state index in [9.17, 15) is 8.78 Å². The lowest BCUT2D eigenvalue weighted by molar-refractivity contribution is 0.469. The van der Waals surface area contributed by atoms with Gasteiger partial charge in [0.15, 0.2) is 0 Å². The number of hydrogen-bond donors (Lipinski definition) is 1. The van der Waals surface area contributed by atoms with E-state index in [2.05, 4.69) is 21.2 Å². The van der Waals surface area contributed by atoms with Gasteiger partial charge in [-0.1, -0.05) is 40.2 Å². The fraction of sp³-hybridized carbons (Fsp3) is 0.294. The van der Waals surface area contributed by atoms with E-state index in [1.807, 2.05) is 19.2 Å². The van der Waals surface area contributed by atoms with Gasteiger partial charge in [-0.3, -0.25) is 0 Å². The van der Waals surface area contributed by atoms with Gasteiger partial charge < -0.3 is 5.32 Å². The lowest BCUT2D eigenvalue weighted by atomic mass is 9.92. The topological polar surface area (TPSA) is 12.0 Å². The predicted octanol–water partition coefficient (Wildman–Crippen LogP) is 4.35. The molecular formula is C17H18BrF2N. The fourth-order valence-corrected chi connectivity index (χ4v) is 2.81. The van der Waals surface area contributed by atoms with Gasteiger partial charge in [-0.2, -0.15) is 0 Å². The molecule has 0 aromatic heterocycles. The highest BCUT2D eigenvalue weighted by atomic mass is 79.9. The van der Waals surface area contributed by atoms with Crippen LogP contribution >= 0.6 is 15.9 Å². The van der Waals surface area contributed by atoms with Crippen LogP contribution in [-0.4, -0.2) is 13.6 Å². The standard InChI is InChI=1S/C17H18BrF2N/c1-21-11-12(8-13-4-2-3-5-16(13)19)9-14-6-7-15(18)10-17(14)20/h2-7,10,12,21H,8-9,11H2,1H3. The van der Waals surface area contributed by atoms with Crippen molar-refractivity contribution in [3.63, 3.8) is 0 Å². The normalized spacial score (nSPS) is 12.4. The molecule has 21 heavy (non-hydrogen) atoms. The van der Waals surface area contributed by atoms with E-state index in [-0.39, 0.29) is 17.6 Å². The average molecular weight is 354 g/mol. The highest BCUT2D eigenvalue weighted by Gasteiger charge is 2.15. The number of hydrogen-bond acceptors (Lipinski definition) is 1. The van der Waals surface area contributed by atoms with Crippen LogP contribution in [0.3, 0.4) is 0 Å². The van der Waals surface area contributed by atoms with E-state index in [0.29, 0.717) is 30.5 Å². The zero-order valence-electron chi connectivity index (χ0n) is 11.9. The van der Waals surface area contributed by atoms with Crippen LogP contribution in [0.4, 0.5) is 8.78 Å². The Kier molecular flexibility index (Phi) is 5.88. The van der Waals surface area contributed by atoms with Crippen molar-refractivity contribution in [2.45, 2.75) is 12.8 Å². The minimum absolute atomic E-state index is 0.141. The molecule has 0 radical (unpaired) electrons. The molecule has 1 unspecified atom stereocenters. The van der Waals surface area contributed by atoms with Crippen LogP contribution in [0.2, 0.25) is 0 Å². The van der Waals surface area contributed by atoms with Gasteiger partial charge >= 0.3 is 0 Å². The molecule has 1 N–H and O–H groups in total. The maximum absolute atomic E-state index is 13.9. The first-order chi connectivity index (χ1) is 10.1. The molecule has 4 heteroatoms. The molecule has 0 saturated carbocycles. The minimum Gasteiger partial charge on any atom is -0.319 e. The maximum Gasteiger partial charge on any atom is 0.127 e. The zero-order valence-corrected chi connectivity index (χ0v) is 13.5. The van der Waals surface area contributed by atoms with Crippen molar-refractivity contribution in [2.75, 3.05) is 13.6 Å². The van der Waals surface area contributed by atoms with Gasteiger partial charge in [0.25, 0.3) is 0 Å². The van der Waals surface area contributed by atoms with Crippen molar-refractivity contribution < 1.29 is 8.78 Å². The monoisotopic (exact) mass is 353 g/mol. The van der Waals surface area contributed by atoms with E-state index in [0.717, 1.165) is 4.47 Å². The van der Waals surface area contributed by atoms with E-state index >= 15 is 0 Å². The molecule has 1 nitrogen and oxygen atoms in total. The van der Waals surface area contributed by atoms with Gasteiger partial charge in [-0.05, 0) is 61.7 Å². The van der Waals surface area contributed by atoms with Crippen LogP contribution in [0.5, 0.6) is 0 Å². The van der Waals surface area contributed by atoms with E-state index in [1.165, 1.54) is 12.1 Å². The molecular weight excluding hydrogens is 336 g/mol. The van der Waals surface area contributed by atoms with Crippen molar-refractivity contribution in [1.82, 2.24) is 5.32 Å². The van der Waals surface area contributed by atoms with Gasteiger partial charge in [0.2, 0.25) is 0 Å². The molecule has 0 aliphatic heterocycles. The summed E-state index contributed by atoms with van der Waals surface area (Å²) >= 11 is 3.25. The Morgan fingerprint density at radius 3 is 2.29 bits per heavy atom. The molecule has 0 aliphatic rings. The maximum atomic E-state index is 13.9. The van der Waals surface area contributed by atoms with Crippen LogP contribution < -0.4 is 5.32 Å². The molecule has 0 fully saturated rings. The third kappa shape index (κ3) is 4.61. The summed E-state index contributed by atoms with van der Waals surface area (Å²) in [5.74, 6) is -0.281. The second-order valence-electron chi connectivity index (χ2n) is 5.16. The van der Waals surface area contributed by atoms with E-state index in [4.69, 9.17) is 0 Å². The Morgan fingerprint density at radius 2 is 1.67 bits per heavy atom. The summed E-state index contributed by atoms with van der Waals surface area (Å²) in [6.07, 6.45) is 1.16. The fourth-order valence-electron chi connectivity index (χ4n) is 2.48. The van der Waals surface area contributed by atoms with Crippen molar-refractivity contribution >= 4 is 15.9 Å². The Balaban J connectivity index is 2.14. The Morgan fingerprint density at radius 1 is 1.00 bits per heavy atom. The van der Waals surface area contributed by atoms with E-state index in [1.54, 1.807) is 18.2 Å². The molecule has 112 valence electrons. The molecule has 0 amide bonds. The molecule has 2 rings (SSSR count). The molecule has 0 aliphatic carbocycles. The molecule has 2 aromatic carbocycles. The average Bonchev–Trinajstić information content (AvgIpc) is 2.44. The van der Waals surface area contributed by atoms with Gasteiger partial charge in [0, 0.05) is 4.47 Å². The SMILES string of the molecule is CNCC(Cc1ccccc1F)Cc1ccc(Br)cc1F. The Bertz CT molecular complexity index is 601. The predicted molar refractivity (Wildman–Crippen MR) is 85.3 cm³/mol. The van der Waals surface area contributed by atoms with Crippen molar-refractivity contribution in [1.29, 1.82) is 0 Å². The van der Waals surface area contributed by atoms with Gasteiger partial charge in [0.05, 0.1) is 0 Å². The highest BCUT2D eigenvalue weighted by Crippen LogP contribution is 2.21. The summed E-state index contributed by atoms with van der Waals surface area (Å²) in [6.45, 7) is 0.712. The second kappa shape index (κ2) is 7.66. The van der Waals surface area contributed by atoms with Gasteiger partial charge in [0.1, 0.15) is 11.6 Å². The number of rotatable bonds is 6. The Hall–Kier alpha value is -1.26. The van der Waals surface area contributed by atoms with E-state index < -0.39 is 0 Å². The number of halogens is 3. The molecule has 1 atom stereocenters. The largest absolute Gasteiger partial charge is 0.319 e. The molecule has 0 saturated heterocycles. The quantitative estimate of drug-likeness (QED) is 0.813. The summed E-state index contributed by atoms with van der Waals surface area (Å²) in [6, 6.07) is 11.8. The number of nitrogens with one attached hydrogen (secondary N) is 1. The van der Waals surface area contributed by atoms with Crippen molar-refractivity contribution in [3.8, 4) is 0 Å². The third-order valence-electron chi connectivity index (χ3n) is 3.48. The lowest BCUT2D eigenvalue weighted by Gasteiger charge is -2.17. The highest BCUT2D eigenvalue weighted by molar-refractivity contribution is 9.10. The van der Waals surface area contributed by atoms with Crippen molar-refractivity contribution in [2.24, 2.45) is 5.92 Å². The molecule has 2 aromatic rings. The second-order valence-corrected chi connectivity index (χ2v) is 6.07. The van der Waals surface area contributed by atoms with Gasteiger partial charge in [-0.25, -0.2) is 8.78 Å². The molecule has 0 heterocycles. The van der Waals surface area contributed by atoms with Crippen LogP contribution in [0.1, 0.15) is 11.1 Å². The first kappa shape index (κ1) is 16.1. The van der Waals surface area contributed by atoms with Crippen LogP contribution in [0.25, 0.3) is 0 Å². The van der Waals surface area contributed by atoms with Crippen LogP contribution in [-0.2, 0) is 12.8 Å². The molecule has 0 spiro atoms. The first-order valence-corrected chi connectivity index (χ1v) is 7.71. The third-order valence-corrected chi connectivity index (χ3v) is 3.98. The molecule has 0 bridgehead atoms. The zero-order chi connectivity index (χ0) is 15.2. The summed E-state index contributed by atoms with van der Waals surface area (Å²) in [5.41, 5.74) is 1.34. The van der Waals surface area contributed by atoms with Gasteiger partial charge in [-0.15, -0.1) is 0 Å². The first-order valence-electron chi connectivity index (χ1n) is 6.92.